The van der Waals surface area contributed by atoms with Gasteiger partial charge in [-0.2, -0.15) is 0 Å². The molecule has 32 heavy (non-hydrogen) atoms. The Bertz CT molecular complexity index is 1380. The first kappa shape index (κ1) is 20.7. The van der Waals surface area contributed by atoms with Crippen LogP contribution in [0.2, 0.25) is 0 Å². The highest BCUT2D eigenvalue weighted by Gasteiger charge is 2.45. The Morgan fingerprint density at radius 1 is 1.16 bits per heavy atom. The molecule has 0 saturated carbocycles. The number of carbonyl (C=O) groups excluding carboxylic acids is 1. The van der Waals surface area contributed by atoms with E-state index in [0.717, 1.165) is 16.5 Å². The number of ether oxygens (including phenoxy) is 3. The third kappa shape index (κ3) is 2.49. The fraction of sp³-hybridized carbons (Fsp3) is 0.318. The van der Waals surface area contributed by atoms with E-state index >= 15 is 0 Å². The Morgan fingerprint density at radius 2 is 1.91 bits per heavy atom. The van der Waals surface area contributed by atoms with Gasteiger partial charge in [0.05, 0.1) is 29.0 Å². The number of halogens is 1. The Balaban J connectivity index is 0.00000216. The van der Waals surface area contributed by atoms with Gasteiger partial charge in [-0.3, -0.25) is 4.79 Å². The molecule has 2 aromatic heterocycles. The van der Waals surface area contributed by atoms with Crippen LogP contribution < -0.4 is 20.8 Å². The van der Waals surface area contributed by atoms with Gasteiger partial charge in [0.2, 0.25) is 6.79 Å². The smallest absolute Gasteiger partial charge is 0.343 e. The number of carbonyl (C=O) groups is 1. The molecule has 0 unspecified atom stereocenters. The van der Waals surface area contributed by atoms with E-state index in [0.29, 0.717) is 40.5 Å². The molecule has 1 atom stereocenters. The third-order valence-electron chi connectivity index (χ3n) is 6.50. The predicted octanol–water partition coefficient (Wildman–Crippen LogP) is 1.69. The summed E-state index contributed by atoms with van der Waals surface area (Å²) >= 11 is 0. The molecule has 6 rings (SSSR count). The molecule has 3 aromatic rings. The minimum atomic E-state index is -1.86. The van der Waals surface area contributed by atoms with Gasteiger partial charge in [0.1, 0.15) is 6.61 Å². The van der Waals surface area contributed by atoms with E-state index in [1.165, 1.54) is 0 Å². The summed E-state index contributed by atoms with van der Waals surface area (Å²) in [6.07, 6.45) is 0.0945. The first-order valence-corrected chi connectivity index (χ1v) is 10.1. The molecule has 1 aromatic carbocycles. The minimum Gasteiger partial charge on any atom is -0.458 e. The first-order valence-electron chi connectivity index (χ1n) is 10.1. The lowest BCUT2D eigenvalue weighted by molar-refractivity contribution is -0.172. The highest BCUT2D eigenvalue weighted by molar-refractivity contribution is 5.91. The van der Waals surface area contributed by atoms with Gasteiger partial charge in [0, 0.05) is 29.1 Å². The van der Waals surface area contributed by atoms with Crippen molar-refractivity contribution in [3.05, 3.63) is 50.8 Å². The van der Waals surface area contributed by atoms with Gasteiger partial charge in [-0.15, -0.1) is 12.4 Å². The van der Waals surface area contributed by atoms with E-state index in [1.54, 1.807) is 23.6 Å². The van der Waals surface area contributed by atoms with Crippen molar-refractivity contribution in [1.82, 2.24) is 9.55 Å². The number of benzene rings is 1. The maximum absolute atomic E-state index is 13.3. The summed E-state index contributed by atoms with van der Waals surface area (Å²) < 4.78 is 17.7. The molecule has 0 saturated heterocycles. The van der Waals surface area contributed by atoms with Crippen LogP contribution in [0.15, 0.2) is 23.0 Å². The monoisotopic (exact) mass is 457 g/mol. The van der Waals surface area contributed by atoms with E-state index in [4.69, 9.17) is 24.9 Å². The molecule has 166 valence electrons. The lowest BCUT2D eigenvalue weighted by atomic mass is 9.86. The van der Waals surface area contributed by atoms with E-state index in [1.807, 2.05) is 6.07 Å². The topological polar surface area (TPSA) is 126 Å². The molecule has 10 heteroatoms. The molecule has 0 radical (unpaired) electrons. The molecule has 0 spiro atoms. The largest absolute Gasteiger partial charge is 0.458 e. The second kappa shape index (κ2) is 6.93. The van der Waals surface area contributed by atoms with Crippen LogP contribution in [-0.4, -0.2) is 27.4 Å². The molecule has 3 aliphatic heterocycles. The lowest BCUT2D eigenvalue weighted by Crippen LogP contribution is -2.44. The average molecular weight is 458 g/mol. The van der Waals surface area contributed by atoms with Crippen molar-refractivity contribution in [3.8, 4) is 22.9 Å². The molecule has 3 aliphatic rings. The number of hydrogen-bond donors (Lipinski definition) is 2. The van der Waals surface area contributed by atoms with Gasteiger partial charge < -0.3 is 29.6 Å². The van der Waals surface area contributed by atoms with Crippen LogP contribution in [0.1, 0.15) is 35.6 Å². The van der Waals surface area contributed by atoms with Crippen LogP contribution in [0.25, 0.3) is 22.3 Å². The standard InChI is InChI=1S/C22H19N3O6.ClH/c1-2-22(28)14-4-16-19-12(7-25(16)20(26)13(14)8-29-21(22)27)11(6-23)10-3-17-18(31-9-30-17)5-15(10)24-19;/h3-5,28H,2,6-9,23H2,1H3;1H/t22-;/m0./s1. The minimum absolute atomic E-state index is 0. The Kier molecular flexibility index (Phi) is 4.49. The molecule has 0 aliphatic carbocycles. The van der Waals surface area contributed by atoms with Crippen LogP contribution in [0, 0.1) is 0 Å². The molecular weight excluding hydrogens is 438 g/mol. The highest BCUT2D eigenvalue weighted by atomic mass is 35.5. The van der Waals surface area contributed by atoms with Crippen LogP contribution in [0.3, 0.4) is 0 Å². The Labute approximate surface area is 188 Å². The van der Waals surface area contributed by atoms with Gasteiger partial charge in [0.25, 0.3) is 5.56 Å². The summed E-state index contributed by atoms with van der Waals surface area (Å²) in [6.45, 7) is 2.23. The number of pyridine rings is 2. The van der Waals surface area contributed by atoms with Crippen molar-refractivity contribution in [3.63, 3.8) is 0 Å². The van der Waals surface area contributed by atoms with Crippen LogP contribution in [0.5, 0.6) is 11.5 Å². The number of esters is 1. The summed E-state index contributed by atoms with van der Waals surface area (Å²) in [7, 11) is 0. The molecule has 0 bridgehead atoms. The maximum Gasteiger partial charge on any atom is 0.343 e. The van der Waals surface area contributed by atoms with Crippen molar-refractivity contribution < 1.29 is 24.1 Å². The van der Waals surface area contributed by atoms with E-state index in [-0.39, 0.29) is 49.9 Å². The Morgan fingerprint density at radius 3 is 2.62 bits per heavy atom. The number of hydrogen-bond acceptors (Lipinski definition) is 8. The van der Waals surface area contributed by atoms with E-state index < -0.39 is 11.6 Å². The highest BCUT2D eigenvalue weighted by Crippen LogP contribution is 2.42. The molecular formula is C22H20ClN3O6. The number of nitrogens with zero attached hydrogens (tertiary/aromatic N) is 2. The molecule has 5 heterocycles. The van der Waals surface area contributed by atoms with Crippen molar-refractivity contribution in [1.29, 1.82) is 0 Å². The van der Waals surface area contributed by atoms with Crippen molar-refractivity contribution >= 4 is 29.3 Å². The summed E-state index contributed by atoms with van der Waals surface area (Å²) in [6, 6.07) is 5.36. The number of fused-ring (bicyclic) bond motifs is 6. The summed E-state index contributed by atoms with van der Waals surface area (Å²) in [5.41, 5.74) is 8.10. The SMILES string of the molecule is CC[C@@]1(O)C(=O)OCc2c1cc1n(c2=O)Cc2c-1nc1cc3c(cc1c2CN)OCO3.Cl. The number of aromatic nitrogens is 2. The van der Waals surface area contributed by atoms with Crippen LogP contribution >= 0.6 is 12.4 Å². The normalized spacial score (nSPS) is 19.8. The van der Waals surface area contributed by atoms with Crippen LogP contribution in [0.4, 0.5) is 0 Å². The number of nitrogens with two attached hydrogens (primary N) is 1. The number of cyclic esters (lactones) is 1. The van der Waals surface area contributed by atoms with Crippen molar-refractivity contribution in [2.75, 3.05) is 6.79 Å². The van der Waals surface area contributed by atoms with Crippen LogP contribution in [-0.2, 0) is 34.8 Å². The fourth-order valence-electron chi connectivity index (χ4n) is 4.79. The van der Waals surface area contributed by atoms with Gasteiger partial charge in [0.15, 0.2) is 17.1 Å². The van der Waals surface area contributed by atoms with Crippen molar-refractivity contribution in [2.45, 2.75) is 38.6 Å². The van der Waals surface area contributed by atoms with E-state index in [2.05, 4.69) is 0 Å². The predicted molar refractivity (Wildman–Crippen MR) is 116 cm³/mol. The Hall–Kier alpha value is -3.14. The zero-order chi connectivity index (χ0) is 21.5. The van der Waals surface area contributed by atoms with Gasteiger partial charge in [-0.1, -0.05) is 6.92 Å². The van der Waals surface area contributed by atoms with Gasteiger partial charge in [-0.25, -0.2) is 9.78 Å². The number of aliphatic hydroxyl groups is 1. The van der Waals surface area contributed by atoms with Gasteiger partial charge >= 0.3 is 5.97 Å². The maximum atomic E-state index is 13.3. The fourth-order valence-corrected chi connectivity index (χ4v) is 4.79. The van der Waals surface area contributed by atoms with Crippen molar-refractivity contribution in [2.24, 2.45) is 5.73 Å². The zero-order valence-electron chi connectivity index (χ0n) is 17.1. The quantitative estimate of drug-likeness (QED) is 0.435. The second-order valence-corrected chi connectivity index (χ2v) is 7.95. The third-order valence-corrected chi connectivity index (χ3v) is 6.50. The summed E-state index contributed by atoms with van der Waals surface area (Å²) in [5.74, 6) is 0.495. The zero-order valence-corrected chi connectivity index (χ0v) is 18.0. The average Bonchev–Trinajstić information content (AvgIpc) is 3.38. The molecule has 3 N–H and O–H groups in total. The van der Waals surface area contributed by atoms with Gasteiger partial charge in [-0.05, 0) is 24.1 Å². The number of rotatable bonds is 2. The first-order chi connectivity index (χ1) is 15.0. The summed E-state index contributed by atoms with van der Waals surface area (Å²) in [4.78, 5) is 30.4. The lowest BCUT2D eigenvalue weighted by Gasteiger charge is -2.31. The molecule has 0 fully saturated rings. The summed E-state index contributed by atoms with van der Waals surface area (Å²) in [5, 5.41) is 11.8. The molecule has 0 amide bonds. The molecule has 9 nitrogen and oxygen atoms in total. The van der Waals surface area contributed by atoms with E-state index in [9.17, 15) is 14.7 Å². The second-order valence-electron chi connectivity index (χ2n) is 7.95.